The fraction of sp³-hybridized carbons (Fsp3) is 0.400. The number of rotatable bonds is 5. The second-order valence-electron chi connectivity index (χ2n) is 4.92. The first-order valence-electron chi connectivity index (χ1n) is 6.68. The predicted octanol–water partition coefficient (Wildman–Crippen LogP) is 2.90. The normalized spacial score (nSPS) is 12.7. The van der Waals surface area contributed by atoms with E-state index in [-0.39, 0.29) is 6.04 Å². The minimum absolute atomic E-state index is 0.139. The van der Waals surface area contributed by atoms with Crippen LogP contribution in [0.5, 0.6) is 0 Å². The first kappa shape index (κ1) is 14.7. The van der Waals surface area contributed by atoms with Crippen LogP contribution in [-0.2, 0) is 13.5 Å². The van der Waals surface area contributed by atoms with Crippen molar-refractivity contribution in [3.8, 4) is 0 Å². The van der Waals surface area contributed by atoms with Gasteiger partial charge >= 0.3 is 0 Å². The monoisotopic (exact) mass is 279 g/mol. The molecule has 2 rings (SSSR count). The summed E-state index contributed by atoms with van der Waals surface area (Å²) >= 11 is 0. The third kappa shape index (κ3) is 3.42. The van der Waals surface area contributed by atoms with Gasteiger partial charge in [0.15, 0.2) is 0 Å². The predicted molar refractivity (Wildman–Crippen MR) is 74.4 cm³/mol. The maximum absolute atomic E-state index is 13.4. The van der Waals surface area contributed by atoms with E-state index in [0.29, 0.717) is 12.0 Å². The van der Waals surface area contributed by atoms with E-state index in [9.17, 15) is 8.78 Å². The van der Waals surface area contributed by atoms with Crippen LogP contribution in [0, 0.1) is 18.6 Å². The van der Waals surface area contributed by atoms with Crippen LogP contribution in [0.25, 0.3) is 0 Å². The van der Waals surface area contributed by atoms with E-state index >= 15 is 0 Å². The Balaban J connectivity index is 2.28. The van der Waals surface area contributed by atoms with Crippen LogP contribution in [0.3, 0.4) is 0 Å². The van der Waals surface area contributed by atoms with Crippen LogP contribution in [0.4, 0.5) is 8.78 Å². The van der Waals surface area contributed by atoms with Crippen molar-refractivity contribution in [1.29, 1.82) is 0 Å². The van der Waals surface area contributed by atoms with Gasteiger partial charge < -0.3 is 5.32 Å². The molecule has 0 aliphatic carbocycles. The van der Waals surface area contributed by atoms with E-state index in [1.165, 1.54) is 12.1 Å². The highest BCUT2D eigenvalue weighted by atomic mass is 19.1. The van der Waals surface area contributed by atoms with Gasteiger partial charge in [0, 0.05) is 31.3 Å². The van der Waals surface area contributed by atoms with Crippen molar-refractivity contribution in [1.82, 2.24) is 15.1 Å². The highest BCUT2D eigenvalue weighted by Crippen LogP contribution is 2.21. The topological polar surface area (TPSA) is 29.9 Å². The molecular formula is C15H19F2N3. The Bertz CT molecular complexity index is 573. The number of aromatic nitrogens is 2. The Kier molecular flexibility index (Phi) is 4.49. The molecule has 0 aliphatic heterocycles. The zero-order chi connectivity index (χ0) is 14.7. The van der Waals surface area contributed by atoms with Gasteiger partial charge in [-0.3, -0.25) is 4.68 Å². The van der Waals surface area contributed by atoms with Crippen LogP contribution in [0.15, 0.2) is 24.3 Å². The van der Waals surface area contributed by atoms with Gasteiger partial charge in [-0.15, -0.1) is 0 Å². The summed E-state index contributed by atoms with van der Waals surface area (Å²) in [5.41, 5.74) is 2.57. The molecule has 0 aliphatic rings. The minimum atomic E-state index is -0.552. The molecule has 3 nitrogen and oxygen atoms in total. The van der Waals surface area contributed by atoms with Gasteiger partial charge in [0.05, 0.1) is 5.69 Å². The van der Waals surface area contributed by atoms with Crippen molar-refractivity contribution in [2.75, 3.05) is 6.54 Å². The second-order valence-corrected chi connectivity index (χ2v) is 4.92. The van der Waals surface area contributed by atoms with E-state index in [1.54, 1.807) is 4.68 Å². The smallest absolute Gasteiger partial charge is 0.126 e. The molecule has 108 valence electrons. The number of benzene rings is 1. The zero-order valence-corrected chi connectivity index (χ0v) is 12.0. The lowest BCUT2D eigenvalue weighted by molar-refractivity contribution is 0.515. The molecule has 0 saturated carbocycles. The molecule has 20 heavy (non-hydrogen) atoms. The molecule has 2 aromatic rings. The van der Waals surface area contributed by atoms with Crippen molar-refractivity contribution >= 4 is 0 Å². The Morgan fingerprint density at radius 3 is 2.35 bits per heavy atom. The van der Waals surface area contributed by atoms with Crippen LogP contribution in [0.2, 0.25) is 0 Å². The number of halogens is 2. The maximum atomic E-state index is 13.4. The average Bonchev–Trinajstić information content (AvgIpc) is 2.66. The summed E-state index contributed by atoms with van der Waals surface area (Å²) in [5.74, 6) is -1.10. The van der Waals surface area contributed by atoms with E-state index in [2.05, 4.69) is 10.4 Å². The van der Waals surface area contributed by atoms with E-state index in [1.807, 2.05) is 27.0 Å². The largest absolute Gasteiger partial charge is 0.310 e. The lowest BCUT2D eigenvalue weighted by atomic mass is 10.0. The van der Waals surface area contributed by atoms with Gasteiger partial charge in [0.2, 0.25) is 0 Å². The van der Waals surface area contributed by atoms with Crippen LogP contribution in [0.1, 0.15) is 29.9 Å². The van der Waals surface area contributed by atoms with Crippen molar-refractivity contribution in [3.63, 3.8) is 0 Å². The number of hydrogen-bond donors (Lipinski definition) is 1. The first-order chi connectivity index (χ1) is 9.49. The number of nitrogens with zero attached hydrogens (tertiary/aromatic N) is 2. The van der Waals surface area contributed by atoms with Gasteiger partial charge in [0.1, 0.15) is 11.6 Å². The zero-order valence-electron chi connectivity index (χ0n) is 12.0. The van der Waals surface area contributed by atoms with Crippen molar-refractivity contribution in [3.05, 3.63) is 52.9 Å². The number of nitrogens with one attached hydrogen (secondary N) is 1. The van der Waals surface area contributed by atoms with Gasteiger partial charge in [-0.2, -0.15) is 5.10 Å². The summed E-state index contributed by atoms with van der Waals surface area (Å²) < 4.78 is 28.5. The molecule has 0 radical (unpaired) electrons. The lowest BCUT2D eigenvalue weighted by Crippen LogP contribution is -2.24. The first-order valence-corrected chi connectivity index (χ1v) is 6.68. The number of likely N-dealkylation sites (N-methyl/N-ethyl adjacent to an activating group) is 1. The molecule has 1 N–H and O–H groups in total. The van der Waals surface area contributed by atoms with E-state index in [0.717, 1.165) is 24.0 Å². The Hall–Kier alpha value is -1.75. The molecular weight excluding hydrogens is 260 g/mol. The SMILES string of the molecule is CCNC(Cc1cc(C)nn1C)c1cc(F)cc(F)c1. The molecule has 1 aromatic carbocycles. The van der Waals surface area contributed by atoms with Gasteiger partial charge in [-0.25, -0.2) is 8.78 Å². The van der Waals surface area contributed by atoms with Crippen molar-refractivity contribution in [2.24, 2.45) is 7.05 Å². The molecule has 1 aromatic heterocycles. The molecule has 1 unspecified atom stereocenters. The van der Waals surface area contributed by atoms with Gasteiger partial charge in [-0.05, 0) is 37.2 Å². The molecule has 0 saturated heterocycles. The third-order valence-corrected chi connectivity index (χ3v) is 3.25. The van der Waals surface area contributed by atoms with Crippen LogP contribution < -0.4 is 5.32 Å². The summed E-state index contributed by atoms with van der Waals surface area (Å²) in [5, 5.41) is 7.56. The lowest BCUT2D eigenvalue weighted by Gasteiger charge is -2.18. The number of hydrogen-bond acceptors (Lipinski definition) is 2. The summed E-state index contributed by atoms with van der Waals surface area (Å²) in [7, 11) is 1.87. The summed E-state index contributed by atoms with van der Waals surface area (Å²) in [4.78, 5) is 0. The highest BCUT2D eigenvalue weighted by molar-refractivity contribution is 5.23. The standard InChI is InChI=1S/C15H19F2N3/c1-4-18-15(9-14-5-10(2)19-20(14)3)11-6-12(16)8-13(17)7-11/h5-8,15,18H,4,9H2,1-3H3. The molecule has 0 fully saturated rings. The fourth-order valence-corrected chi connectivity index (χ4v) is 2.40. The third-order valence-electron chi connectivity index (χ3n) is 3.25. The Morgan fingerprint density at radius 2 is 1.85 bits per heavy atom. The van der Waals surface area contributed by atoms with Crippen LogP contribution >= 0.6 is 0 Å². The molecule has 5 heteroatoms. The summed E-state index contributed by atoms with van der Waals surface area (Å²) in [6.45, 7) is 4.62. The fourth-order valence-electron chi connectivity index (χ4n) is 2.40. The summed E-state index contributed by atoms with van der Waals surface area (Å²) in [6.07, 6.45) is 0.633. The minimum Gasteiger partial charge on any atom is -0.310 e. The molecule has 0 bridgehead atoms. The van der Waals surface area contributed by atoms with Crippen LogP contribution in [-0.4, -0.2) is 16.3 Å². The maximum Gasteiger partial charge on any atom is 0.126 e. The Labute approximate surface area is 117 Å². The van der Waals surface area contributed by atoms with Crippen molar-refractivity contribution < 1.29 is 8.78 Å². The molecule has 1 atom stereocenters. The van der Waals surface area contributed by atoms with Gasteiger partial charge in [0.25, 0.3) is 0 Å². The summed E-state index contributed by atoms with van der Waals surface area (Å²) in [6, 6.07) is 5.49. The molecule has 1 heterocycles. The Morgan fingerprint density at radius 1 is 1.20 bits per heavy atom. The highest BCUT2D eigenvalue weighted by Gasteiger charge is 2.15. The van der Waals surface area contributed by atoms with Crippen molar-refractivity contribution in [2.45, 2.75) is 26.3 Å². The number of aryl methyl sites for hydroxylation is 2. The quantitative estimate of drug-likeness (QED) is 0.912. The van der Waals surface area contributed by atoms with Gasteiger partial charge in [-0.1, -0.05) is 6.92 Å². The second kappa shape index (κ2) is 6.13. The average molecular weight is 279 g/mol. The van der Waals surface area contributed by atoms with E-state index < -0.39 is 11.6 Å². The molecule has 0 spiro atoms. The van der Waals surface area contributed by atoms with E-state index in [4.69, 9.17) is 0 Å². The molecule has 0 amide bonds.